The number of ether oxygens (including phenoxy) is 1. The predicted molar refractivity (Wildman–Crippen MR) is 106 cm³/mol. The van der Waals surface area contributed by atoms with Crippen LogP contribution in [0.3, 0.4) is 0 Å². The zero-order chi connectivity index (χ0) is 17.6. The van der Waals surface area contributed by atoms with Crippen LogP contribution in [0.4, 0.5) is 0 Å². The molecule has 6 heteroatoms. The van der Waals surface area contributed by atoms with Crippen molar-refractivity contribution in [2.24, 2.45) is 4.99 Å². The molecule has 0 atom stereocenters. The highest BCUT2D eigenvalue weighted by Crippen LogP contribution is 2.13. The Hall–Kier alpha value is -1.40. The molecule has 0 saturated carbocycles. The van der Waals surface area contributed by atoms with Crippen LogP contribution in [0.2, 0.25) is 0 Å². The van der Waals surface area contributed by atoms with Crippen LogP contribution in [0.1, 0.15) is 18.9 Å². The molecule has 0 spiro atoms. The Bertz CT molecular complexity index is 463. The van der Waals surface area contributed by atoms with Gasteiger partial charge >= 0.3 is 0 Å². The number of guanidine groups is 1. The Morgan fingerprint density at radius 2 is 1.96 bits per heavy atom. The molecule has 1 aromatic carbocycles. The lowest BCUT2D eigenvalue weighted by atomic mass is 10.2. The topological polar surface area (TPSA) is 48.9 Å². The molecule has 2 N–H and O–H groups in total. The van der Waals surface area contributed by atoms with E-state index in [-0.39, 0.29) is 0 Å². The van der Waals surface area contributed by atoms with E-state index in [4.69, 9.17) is 4.74 Å². The minimum atomic E-state index is 0.662. The molecular formula is C18H32N4OS. The smallest absolute Gasteiger partial charge is 0.191 e. The number of nitrogens with zero attached hydrogens (tertiary/aromatic N) is 2. The van der Waals surface area contributed by atoms with Gasteiger partial charge in [-0.3, -0.25) is 0 Å². The van der Waals surface area contributed by atoms with E-state index >= 15 is 0 Å². The number of hydrogen-bond acceptors (Lipinski definition) is 4. The van der Waals surface area contributed by atoms with Gasteiger partial charge in [-0.05, 0) is 51.4 Å². The maximum absolute atomic E-state index is 5.75. The Kier molecular flexibility index (Phi) is 11.1. The summed E-state index contributed by atoms with van der Waals surface area (Å²) in [4.78, 5) is 6.79. The highest BCUT2D eigenvalue weighted by Gasteiger charge is 1.99. The Morgan fingerprint density at radius 3 is 2.58 bits per heavy atom. The van der Waals surface area contributed by atoms with E-state index in [1.54, 1.807) is 0 Å². The Balaban J connectivity index is 2.42. The predicted octanol–water partition coefficient (Wildman–Crippen LogP) is 2.44. The maximum atomic E-state index is 5.75. The van der Waals surface area contributed by atoms with Crippen molar-refractivity contribution in [3.05, 3.63) is 29.8 Å². The lowest BCUT2D eigenvalue weighted by Crippen LogP contribution is -2.38. The van der Waals surface area contributed by atoms with E-state index in [1.807, 2.05) is 23.9 Å². The van der Waals surface area contributed by atoms with Gasteiger partial charge in [0.05, 0.1) is 13.2 Å². The fraction of sp³-hybridized carbons (Fsp3) is 0.611. The number of thioether (sulfide) groups is 1. The van der Waals surface area contributed by atoms with Crippen LogP contribution in [-0.2, 0) is 6.54 Å². The van der Waals surface area contributed by atoms with Gasteiger partial charge in [-0.2, -0.15) is 11.8 Å². The third-order valence-corrected chi connectivity index (χ3v) is 3.92. The van der Waals surface area contributed by atoms with Gasteiger partial charge in [0, 0.05) is 25.4 Å². The standard InChI is InChI=1S/C18H32N4OS/c1-5-19-18(20-11-14-24-4)21-15-16-7-9-17(10-8-16)23-13-6-12-22(2)3/h7-10H,5-6,11-15H2,1-4H3,(H2,19,20,21). The fourth-order valence-electron chi connectivity index (χ4n) is 2.05. The lowest BCUT2D eigenvalue weighted by molar-refractivity contribution is 0.281. The lowest BCUT2D eigenvalue weighted by Gasteiger charge is -2.11. The van der Waals surface area contributed by atoms with Crippen LogP contribution in [0, 0.1) is 0 Å². The first-order chi connectivity index (χ1) is 11.7. The van der Waals surface area contributed by atoms with E-state index in [0.29, 0.717) is 6.54 Å². The van der Waals surface area contributed by atoms with E-state index in [1.165, 1.54) is 5.56 Å². The molecular weight excluding hydrogens is 320 g/mol. The monoisotopic (exact) mass is 352 g/mol. The molecule has 0 heterocycles. The van der Waals surface area contributed by atoms with Crippen LogP contribution in [0.5, 0.6) is 5.75 Å². The highest BCUT2D eigenvalue weighted by molar-refractivity contribution is 7.98. The summed E-state index contributed by atoms with van der Waals surface area (Å²) in [6.45, 7) is 6.32. The summed E-state index contributed by atoms with van der Waals surface area (Å²) in [7, 11) is 4.15. The Labute approximate surface area is 151 Å². The molecule has 1 rings (SSSR count). The second kappa shape index (κ2) is 13.0. The van der Waals surface area contributed by atoms with Gasteiger partial charge in [-0.15, -0.1) is 0 Å². The van der Waals surface area contributed by atoms with Crippen molar-refractivity contribution >= 4 is 17.7 Å². The van der Waals surface area contributed by atoms with Crippen LogP contribution < -0.4 is 15.4 Å². The molecule has 0 radical (unpaired) electrons. The van der Waals surface area contributed by atoms with Gasteiger partial charge in [-0.1, -0.05) is 12.1 Å². The SMILES string of the molecule is CCNC(=NCc1ccc(OCCCN(C)C)cc1)NCCSC. The van der Waals surface area contributed by atoms with Crippen LogP contribution >= 0.6 is 11.8 Å². The first-order valence-electron chi connectivity index (χ1n) is 8.53. The highest BCUT2D eigenvalue weighted by atomic mass is 32.2. The van der Waals surface area contributed by atoms with Crippen molar-refractivity contribution < 1.29 is 4.74 Å². The van der Waals surface area contributed by atoms with Crippen molar-refractivity contribution in [1.29, 1.82) is 0 Å². The molecule has 0 aromatic heterocycles. The first-order valence-corrected chi connectivity index (χ1v) is 9.92. The molecule has 0 bridgehead atoms. The van der Waals surface area contributed by atoms with Crippen molar-refractivity contribution in [2.75, 3.05) is 52.3 Å². The molecule has 0 saturated heterocycles. The average Bonchev–Trinajstić information content (AvgIpc) is 2.57. The summed E-state index contributed by atoms with van der Waals surface area (Å²) in [5.41, 5.74) is 1.18. The largest absolute Gasteiger partial charge is 0.494 e. The van der Waals surface area contributed by atoms with Gasteiger partial charge < -0.3 is 20.3 Å². The molecule has 0 aliphatic heterocycles. The number of rotatable bonds is 11. The van der Waals surface area contributed by atoms with Crippen LogP contribution in [-0.4, -0.2) is 63.2 Å². The van der Waals surface area contributed by atoms with Crippen molar-refractivity contribution in [2.45, 2.75) is 19.9 Å². The molecule has 1 aromatic rings. The molecule has 0 aliphatic rings. The Morgan fingerprint density at radius 1 is 1.21 bits per heavy atom. The summed E-state index contributed by atoms with van der Waals surface area (Å²) < 4.78 is 5.75. The third kappa shape index (κ3) is 9.67. The second-order valence-corrected chi connectivity index (χ2v) is 6.75. The molecule has 0 unspecified atom stereocenters. The third-order valence-electron chi connectivity index (χ3n) is 3.30. The van der Waals surface area contributed by atoms with Gasteiger partial charge in [0.1, 0.15) is 5.75 Å². The summed E-state index contributed by atoms with van der Waals surface area (Å²) in [6, 6.07) is 8.20. The van der Waals surface area contributed by atoms with Crippen LogP contribution in [0.25, 0.3) is 0 Å². The van der Waals surface area contributed by atoms with E-state index in [0.717, 1.165) is 50.1 Å². The van der Waals surface area contributed by atoms with E-state index in [2.05, 4.69) is 59.9 Å². The molecule has 24 heavy (non-hydrogen) atoms. The van der Waals surface area contributed by atoms with E-state index < -0.39 is 0 Å². The molecule has 0 aliphatic carbocycles. The number of nitrogens with one attached hydrogen (secondary N) is 2. The maximum Gasteiger partial charge on any atom is 0.191 e. The summed E-state index contributed by atoms with van der Waals surface area (Å²) in [5.74, 6) is 2.87. The van der Waals surface area contributed by atoms with Gasteiger partial charge in [0.15, 0.2) is 5.96 Å². The van der Waals surface area contributed by atoms with Gasteiger partial charge in [0.2, 0.25) is 0 Å². The van der Waals surface area contributed by atoms with E-state index in [9.17, 15) is 0 Å². The quantitative estimate of drug-likeness (QED) is 0.364. The minimum Gasteiger partial charge on any atom is -0.494 e. The van der Waals surface area contributed by atoms with Crippen molar-refractivity contribution in [1.82, 2.24) is 15.5 Å². The average molecular weight is 353 g/mol. The zero-order valence-electron chi connectivity index (χ0n) is 15.5. The van der Waals surface area contributed by atoms with Gasteiger partial charge in [0.25, 0.3) is 0 Å². The summed E-state index contributed by atoms with van der Waals surface area (Å²) in [5, 5.41) is 6.60. The summed E-state index contributed by atoms with van der Waals surface area (Å²) in [6.07, 6.45) is 3.14. The van der Waals surface area contributed by atoms with Crippen molar-refractivity contribution in [3.63, 3.8) is 0 Å². The molecule has 0 fully saturated rings. The molecule has 0 amide bonds. The zero-order valence-corrected chi connectivity index (χ0v) is 16.3. The van der Waals surface area contributed by atoms with Gasteiger partial charge in [-0.25, -0.2) is 4.99 Å². The second-order valence-electron chi connectivity index (χ2n) is 5.76. The van der Waals surface area contributed by atoms with Crippen LogP contribution in [0.15, 0.2) is 29.3 Å². The molecule has 136 valence electrons. The first kappa shape index (κ1) is 20.6. The van der Waals surface area contributed by atoms with Crippen molar-refractivity contribution in [3.8, 4) is 5.75 Å². The number of aliphatic imine (C=N–C) groups is 1. The minimum absolute atomic E-state index is 0.662. The summed E-state index contributed by atoms with van der Waals surface area (Å²) >= 11 is 1.83. The fourth-order valence-corrected chi connectivity index (χ4v) is 2.35. The number of hydrogen-bond donors (Lipinski definition) is 2. The normalized spacial score (nSPS) is 11.6. The number of benzene rings is 1. The molecule has 5 nitrogen and oxygen atoms in total.